The zero-order valence-corrected chi connectivity index (χ0v) is 19.9. The third-order valence-electron chi connectivity index (χ3n) is 4.03. The van der Waals surface area contributed by atoms with Gasteiger partial charge in [-0.15, -0.1) is 0 Å². The van der Waals surface area contributed by atoms with Crippen LogP contribution in [0.25, 0.3) is 0 Å². The highest BCUT2D eigenvalue weighted by Gasteiger charge is 2.18. The average molecular weight is 554 g/mol. The summed E-state index contributed by atoms with van der Waals surface area (Å²) in [6.45, 7) is 0. The number of anilines is 1. The van der Waals surface area contributed by atoms with Gasteiger partial charge >= 0.3 is 5.97 Å². The highest BCUT2D eigenvalue weighted by Crippen LogP contribution is 2.34. The van der Waals surface area contributed by atoms with E-state index in [9.17, 15) is 4.79 Å². The first-order valence-corrected chi connectivity index (χ1v) is 11.1. The Labute approximate surface area is 196 Å². The van der Waals surface area contributed by atoms with Gasteiger partial charge in [-0.2, -0.15) is 0 Å². The van der Waals surface area contributed by atoms with Crippen molar-refractivity contribution < 1.29 is 9.53 Å². The van der Waals surface area contributed by atoms with Crippen LogP contribution in [0.3, 0.4) is 0 Å². The van der Waals surface area contributed by atoms with Crippen molar-refractivity contribution in [3.8, 4) is 5.75 Å². The summed E-state index contributed by atoms with van der Waals surface area (Å²) in [5.74, 6) is 0.00615. The number of rotatable bonds is 6. The van der Waals surface area contributed by atoms with Crippen molar-refractivity contribution in [2.24, 2.45) is 0 Å². The molecule has 148 valence electrons. The molecule has 0 unspecified atom stereocenters. The maximum absolute atomic E-state index is 12.4. The molecular formula is C22H16Br2ClNO2S. The molecule has 0 amide bonds. The second-order valence-corrected chi connectivity index (χ2v) is 8.80. The van der Waals surface area contributed by atoms with E-state index in [1.165, 1.54) is 0 Å². The van der Waals surface area contributed by atoms with Crippen LogP contribution in [0.1, 0.15) is 17.5 Å². The van der Waals surface area contributed by atoms with E-state index in [1.807, 2.05) is 54.6 Å². The van der Waals surface area contributed by atoms with Gasteiger partial charge in [-0.1, -0.05) is 70.1 Å². The lowest BCUT2D eigenvalue weighted by Gasteiger charge is -2.15. The Morgan fingerprint density at radius 2 is 1.72 bits per heavy atom. The molecule has 0 heterocycles. The SMILES string of the molecule is O=C(CCc1ccccc1)Oc1c(Br)cc(Cl)cc1C(=S)Nc1ccc(Br)cc1. The van der Waals surface area contributed by atoms with E-state index in [4.69, 9.17) is 28.6 Å². The fraction of sp³-hybridized carbons (Fsp3) is 0.0909. The van der Waals surface area contributed by atoms with Gasteiger partial charge < -0.3 is 10.1 Å². The van der Waals surface area contributed by atoms with Crippen molar-refractivity contribution in [2.75, 3.05) is 5.32 Å². The van der Waals surface area contributed by atoms with Gasteiger partial charge in [-0.25, -0.2) is 0 Å². The molecule has 1 N–H and O–H groups in total. The van der Waals surface area contributed by atoms with Gasteiger partial charge in [-0.05, 0) is 64.3 Å². The Balaban J connectivity index is 1.76. The zero-order valence-electron chi connectivity index (χ0n) is 15.1. The summed E-state index contributed by atoms with van der Waals surface area (Å²) >= 11 is 18.6. The van der Waals surface area contributed by atoms with E-state index in [-0.39, 0.29) is 12.4 Å². The largest absolute Gasteiger partial charge is 0.425 e. The van der Waals surface area contributed by atoms with Gasteiger partial charge in [0.1, 0.15) is 4.99 Å². The second-order valence-electron chi connectivity index (χ2n) is 6.18. The molecule has 0 aliphatic carbocycles. The summed E-state index contributed by atoms with van der Waals surface area (Å²) < 4.78 is 7.18. The Morgan fingerprint density at radius 1 is 1.03 bits per heavy atom. The van der Waals surface area contributed by atoms with Crippen LogP contribution in [0, 0.1) is 0 Å². The minimum atomic E-state index is -0.343. The molecule has 0 aromatic heterocycles. The van der Waals surface area contributed by atoms with Crippen LogP contribution in [0.2, 0.25) is 5.02 Å². The van der Waals surface area contributed by atoms with Crippen molar-refractivity contribution in [1.29, 1.82) is 0 Å². The van der Waals surface area contributed by atoms with Crippen LogP contribution in [0.15, 0.2) is 75.7 Å². The van der Waals surface area contributed by atoms with Gasteiger partial charge in [0.05, 0.1) is 10.0 Å². The quantitative estimate of drug-likeness (QED) is 0.199. The van der Waals surface area contributed by atoms with E-state index >= 15 is 0 Å². The number of halogens is 3. The minimum absolute atomic E-state index is 0.255. The Bertz CT molecular complexity index is 1030. The van der Waals surface area contributed by atoms with E-state index in [2.05, 4.69) is 37.2 Å². The first-order valence-electron chi connectivity index (χ1n) is 8.73. The van der Waals surface area contributed by atoms with Crippen LogP contribution >= 0.6 is 55.7 Å². The molecule has 0 radical (unpaired) electrons. The van der Waals surface area contributed by atoms with Gasteiger partial charge in [0.15, 0.2) is 5.75 Å². The molecule has 3 aromatic rings. The normalized spacial score (nSPS) is 10.4. The monoisotopic (exact) mass is 551 g/mol. The molecule has 0 fully saturated rings. The third kappa shape index (κ3) is 6.37. The predicted octanol–water partition coefficient (Wildman–Crippen LogP) is 7.19. The van der Waals surface area contributed by atoms with Gasteiger partial charge in [-0.3, -0.25) is 4.79 Å². The number of nitrogens with one attached hydrogen (secondary N) is 1. The number of thiocarbonyl (C=S) groups is 1. The number of carbonyl (C=O) groups excluding carboxylic acids is 1. The lowest BCUT2D eigenvalue weighted by molar-refractivity contribution is -0.134. The topological polar surface area (TPSA) is 38.3 Å². The highest BCUT2D eigenvalue weighted by molar-refractivity contribution is 9.10. The average Bonchev–Trinajstić information content (AvgIpc) is 2.70. The summed E-state index contributed by atoms with van der Waals surface area (Å²) in [4.78, 5) is 12.9. The van der Waals surface area contributed by atoms with Crippen LogP contribution in [-0.4, -0.2) is 11.0 Å². The Hall–Kier alpha value is -1.73. The van der Waals surface area contributed by atoms with Crippen molar-refractivity contribution in [2.45, 2.75) is 12.8 Å². The molecule has 0 saturated carbocycles. The number of hydrogen-bond donors (Lipinski definition) is 1. The molecular weight excluding hydrogens is 538 g/mol. The highest BCUT2D eigenvalue weighted by atomic mass is 79.9. The third-order valence-corrected chi connectivity index (χ3v) is 5.69. The summed E-state index contributed by atoms with van der Waals surface area (Å²) in [5, 5.41) is 3.63. The lowest BCUT2D eigenvalue weighted by atomic mass is 10.1. The Kier molecular flexibility index (Phi) is 7.84. The molecule has 7 heteroatoms. The van der Waals surface area contributed by atoms with Gasteiger partial charge in [0.2, 0.25) is 0 Å². The van der Waals surface area contributed by atoms with Crippen molar-refractivity contribution in [3.05, 3.63) is 91.8 Å². The smallest absolute Gasteiger partial charge is 0.311 e. The molecule has 29 heavy (non-hydrogen) atoms. The standard InChI is InChI=1S/C22H16Br2ClNO2S/c23-15-7-9-17(10-8-15)26-22(29)18-12-16(25)13-19(24)21(18)28-20(27)11-6-14-4-2-1-3-5-14/h1-5,7-10,12-13H,6,11H2,(H,26,29). The number of aryl methyl sites for hydroxylation is 1. The van der Waals surface area contributed by atoms with Crippen LogP contribution in [0.4, 0.5) is 5.69 Å². The Morgan fingerprint density at radius 3 is 2.41 bits per heavy atom. The van der Waals surface area contributed by atoms with Crippen molar-refractivity contribution >= 4 is 72.3 Å². The number of esters is 1. The first-order chi connectivity index (χ1) is 13.9. The minimum Gasteiger partial charge on any atom is -0.425 e. The van der Waals surface area contributed by atoms with Crippen LogP contribution in [-0.2, 0) is 11.2 Å². The lowest BCUT2D eigenvalue weighted by Crippen LogP contribution is -2.16. The maximum atomic E-state index is 12.4. The molecule has 0 spiro atoms. The van der Waals surface area contributed by atoms with Gasteiger partial charge in [0, 0.05) is 21.6 Å². The number of benzene rings is 3. The van der Waals surface area contributed by atoms with E-state index in [1.54, 1.807) is 12.1 Å². The second kappa shape index (κ2) is 10.3. The summed E-state index contributed by atoms with van der Waals surface area (Å²) in [7, 11) is 0. The summed E-state index contributed by atoms with van der Waals surface area (Å²) in [5.41, 5.74) is 2.43. The van der Waals surface area contributed by atoms with Crippen molar-refractivity contribution in [1.82, 2.24) is 0 Å². The van der Waals surface area contributed by atoms with E-state index < -0.39 is 0 Å². The number of hydrogen-bond acceptors (Lipinski definition) is 3. The summed E-state index contributed by atoms with van der Waals surface area (Å²) in [6, 6.07) is 20.7. The van der Waals surface area contributed by atoms with Crippen molar-refractivity contribution in [3.63, 3.8) is 0 Å². The van der Waals surface area contributed by atoms with Gasteiger partial charge in [0.25, 0.3) is 0 Å². The molecule has 0 aliphatic heterocycles. The molecule has 0 saturated heterocycles. The zero-order chi connectivity index (χ0) is 20.8. The molecule has 0 atom stereocenters. The number of carbonyl (C=O) groups is 1. The van der Waals surface area contributed by atoms with Crippen LogP contribution < -0.4 is 10.1 Å². The first kappa shape index (κ1) is 22.0. The molecule has 0 bridgehead atoms. The number of ether oxygens (including phenoxy) is 1. The molecule has 3 rings (SSSR count). The predicted molar refractivity (Wildman–Crippen MR) is 129 cm³/mol. The molecule has 3 nitrogen and oxygen atoms in total. The van der Waals surface area contributed by atoms with Crippen LogP contribution in [0.5, 0.6) is 5.75 Å². The van der Waals surface area contributed by atoms with E-state index in [0.29, 0.717) is 32.2 Å². The maximum Gasteiger partial charge on any atom is 0.311 e. The molecule has 3 aromatic carbocycles. The van der Waals surface area contributed by atoms with E-state index in [0.717, 1.165) is 15.7 Å². The fourth-order valence-electron chi connectivity index (χ4n) is 2.62. The summed E-state index contributed by atoms with van der Waals surface area (Å²) in [6.07, 6.45) is 0.854. The molecule has 0 aliphatic rings. The fourth-order valence-corrected chi connectivity index (χ4v) is 4.05.